The fraction of sp³-hybridized carbons (Fsp3) is 0.417. The lowest BCUT2D eigenvalue weighted by Gasteiger charge is -2.40. The molecule has 0 spiro atoms. The van der Waals surface area contributed by atoms with Crippen molar-refractivity contribution in [2.45, 2.75) is 37.3 Å². The first-order valence-corrected chi connectivity index (χ1v) is 11.7. The van der Waals surface area contributed by atoms with Crippen molar-refractivity contribution in [3.63, 3.8) is 0 Å². The maximum Gasteiger partial charge on any atom is 0.258 e. The van der Waals surface area contributed by atoms with Crippen molar-refractivity contribution >= 4 is 35.0 Å². The third-order valence-corrected chi connectivity index (χ3v) is 7.33. The van der Waals surface area contributed by atoms with Gasteiger partial charge in [0.2, 0.25) is 5.91 Å². The van der Waals surface area contributed by atoms with Gasteiger partial charge in [-0.25, -0.2) is 4.39 Å². The molecular weight excluding hydrogens is 470 g/mol. The Morgan fingerprint density at radius 2 is 1.97 bits per heavy atom. The van der Waals surface area contributed by atoms with Crippen LogP contribution in [0.25, 0.3) is 0 Å². The first kappa shape index (κ1) is 22.3. The minimum atomic E-state index is -0.598. The predicted molar refractivity (Wildman–Crippen MR) is 121 cm³/mol. The van der Waals surface area contributed by atoms with Gasteiger partial charge in [-0.3, -0.25) is 9.59 Å². The SMILES string of the molecule is O=C(COc1ccc(Cl)c(F)c1)NC1CC2(NC(=O)C3COc4cc(Cl)ccc4C3)CC1C2. The summed E-state index contributed by atoms with van der Waals surface area (Å²) in [4.78, 5) is 25.3. The Bertz CT molecular complexity index is 1110. The normalized spacial score (nSPS) is 27.1. The maximum absolute atomic E-state index is 13.5. The smallest absolute Gasteiger partial charge is 0.258 e. The van der Waals surface area contributed by atoms with Gasteiger partial charge < -0.3 is 20.1 Å². The lowest BCUT2D eigenvalue weighted by molar-refractivity contribution is -0.129. The van der Waals surface area contributed by atoms with E-state index in [-0.39, 0.29) is 46.7 Å². The number of fused-ring (bicyclic) bond motifs is 2. The lowest BCUT2D eigenvalue weighted by Crippen LogP contribution is -2.54. The van der Waals surface area contributed by atoms with Crippen LogP contribution in [0.4, 0.5) is 4.39 Å². The van der Waals surface area contributed by atoms with E-state index in [0.29, 0.717) is 30.4 Å². The van der Waals surface area contributed by atoms with Gasteiger partial charge in [0.15, 0.2) is 6.61 Å². The van der Waals surface area contributed by atoms with E-state index >= 15 is 0 Å². The predicted octanol–water partition coefficient (Wildman–Crippen LogP) is 3.92. The molecule has 2 N–H and O–H groups in total. The second-order valence-corrected chi connectivity index (χ2v) is 9.99. The van der Waals surface area contributed by atoms with Crippen LogP contribution in [0.5, 0.6) is 11.5 Å². The van der Waals surface area contributed by atoms with Crippen LogP contribution in [0, 0.1) is 17.7 Å². The lowest BCUT2D eigenvalue weighted by atomic mass is 9.76. The summed E-state index contributed by atoms with van der Waals surface area (Å²) >= 11 is 11.7. The number of carbonyl (C=O) groups excluding carboxylic acids is 2. The molecule has 2 atom stereocenters. The summed E-state index contributed by atoms with van der Waals surface area (Å²) in [6.45, 7) is 0.105. The van der Waals surface area contributed by atoms with Crippen LogP contribution >= 0.6 is 23.2 Å². The molecule has 2 unspecified atom stereocenters. The van der Waals surface area contributed by atoms with Crippen molar-refractivity contribution in [3.8, 4) is 11.5 Å². The number of hydrogen-bond acceptors (Lipinski definition) is 4. The van der Waals surface area contributed by atoms with Gasteiger partial charge >= 0.3 is 0 Å². The molecule has 4 aliphatic rings. The van der Waals surface area contributed by atoms with Crippen molar-refractivity contribution in [2.24, 2.45) is 11.8 Å². The van der Waals surface area contributed by atoms with E-state index in [1.54, 1.807) is 12.1 Å². The van der Waals surface area contributed by atoms with Crippen molar-refractivity contribution in [2.75, 3.05) is 13.2 Å². The Labute approximate surface area is 200 Å². The molecule has 33 heavy (non-hydrogen) atoms. The minimum Gasteiger partial charge on any atom is -0.492 e. The standard InChI is InChI=1S/C24H23Cl2FN2O4/c25-16-2-1-13-5-14(11-33-21(13)6-16)23(31)29-24-8-15(9-24)20(10-24)28-22(30)12-32-17-3-4-18(26)19(27)7-17/h1-4,6-7,14-15,20H,5,8-12H2,(H,28,30)(H,29,31). The highest BCUT2D eigenvalue weighted by Gasteiger charge is 2.57. The summed E-state index contributed by atoms with van der Waals surface area (Å²) in [5, 5.41) is 6.82. The molecule has 2 amide bonds. The molecule has 0 saturated heterocycles. The van der Waals surface area contributed by atoms with Crippen LogP contribution in [0.3, 0.4) is 0 Å². The monoisotopic (exact) mass is 492 g/mol. The Hall–Kier alpha value is -2.51. The van der Waals surface area contributed by atoms with Gasteiger partial charge in [-0.2, -0.15) is 0 Å². The number of ether oxygens (including phenoxy) is 2. The largest absolute Gasteiger partial charge is 0.492 e. The van der Waals surface area contributed by atoms with Gasteiger partial charge in [0.1, 0.15) is 23.9 Å². The number of benzene rings is 2. The van der Waals surface area contributed by atoms with Gasteiger partial charge in [-0.1, -0.05) is 29.3 Å². The molecule has 2 bridgehead atoms. The third-order valence-electron chi connectivity index (χ3n) is 6.79. The number of rotatable bonds is 6. The first-order chi connectivity index (χ1) is 15.8. The van der Waals surface area contributed by atoms with Crippen LogP contribution in [0.1, 0.15) is 24.8 Å². The summed E-state index contributed by atoms with van der Waals surface area (Å²) in [7, 11) is 0. The van der Waals surface area contributed by atoms with Crippen LogP contribution in [-0.4, -0.2) is 36.6 Å². The van der Waals surface area contributed by atoms with E-state index in [1.165, 1.54) is 12.1 Å². The van der Waals surface area contributed by atoms with Crippen LogP contribution < -0.4 is 20.1 Å². The van der Waals surface area contributed by atoms with Gasteiger partial charge in [-0.05, 0) is 61.4 Å². The van der Waals surface area contributed by atoms with E-state index < -0.39 is 5.82 Å². The van der Waals surface area contributed by atoms with Gasteiger partial charge in [0, 0.05) is 22.7 Å². The second kappa shape index (κ2) is 8.69. The van der Waals surface area contributed by atoms with Crippen molar-refractivity contribution in [3.05, 3.63) is 57.8 Å². The van der Waals surface area contributed by atoms with Crippen molar-refractivity contribution < 1.29 is 23.5 Å². The summed E-state index contributed by atoms with van der Waals surface area (Å²) in [6, 6.07) is 9.50. The average molecular weight is 493 g/mol. The molecular formula is C24H23Cl2FN2O4. The Morgan fingerprint density at radius 1 is 1.15 bits per heavy atom. The van der Waals surface area contributed by atoms with Gasteiger partial charge in [-0.15, -0.1) is 0 Å². The molecule has 9 heteroatoms. The zero-order valence-corrected chi connectivity index (χ0v) is 19.2. The first-order valence-electron chi connectivity index (χ1n) is 10.9. The Balaban J connectivity index is 1.11. The zero-order chi connectivity index (χ0) is 23.2. The van der Waals surface area contributed by atoms with Gasteiger partial charge in [0.25, 0.3) is 5.91 Å². The number of carbonyl (C=O) groups is 2. The molecule has 0 aromatic heterocycles. The number of hydrogen-bond donors (Lipinski definition) is 2. The van der Waals surface area contributed by atoms with E-state index in [9.17, 15) is 14.0 Å². The second-order valence-electron chi connectivity index (χ2n) is 9.14. The molecule has 3 fully saturated rings. The highest BCUT2D eigenvalue weighted by molar-refractivity contribution is 6.31. The Morgan fingerprint density at radius 3 is 2.76 bits per heavy atom. The average Bonchev–Trinajstić information content (AvgIpc) is 3.27. The molecule has 3 aliphatic carbocycles. The topological polar surface area (TPSA) is 76.7 Å². The van der Waals surface area contributed by atoms with Crippen LogP contribution in [0.15, 0.2) is 36.4 Å². The molecule has 3 saturated carbocycles. The number of amides is 2. The summed E-state index contributed by atoms with van der Waals surface area (Å²) in [5.41, 5.74) is 0.701. The third kappa shape index (κ3) is 4.62. The summed E-state index contributed by atoms with van der Waals surface area (Å²) in [6.07, 6.45) is 2.98. The van der Waals surface area contributed by atoms with Gasteiger partial charge in [0.05, 0.1) is 10.9 Å². The zero-order valence-electron chi connectivity index (χ0n) is 17.7. The molecule has 2 aromatic carbocycles. The highest BCUT2D eigenvalue weighted by Crippen LogP contribution is 2.52. The summed E-state index contributed by atoms with van der Waals surface area (Å²) < 4.78 is 24.6. The molecule has 174 valence electrons. The fourth-order valence-corrected chi connectivity index (χ4v) is 5.43. The fourth-order valence-electron chi connectivity index (χ4n) is 5.15. The van der Waals surface area contributed by atoms with Crippen molar-refractivity contribution in [1.82, 2.24) is 10.6 Å². The van der Waals surface area contributed by atoms with E-state index in [2.05, 4.69) is 10.6 Å². The van der Waals surface area contributed by atoms with Crippen LogP contribution in [-0.2, 0) is 16.0 Å². The molecule has 1 heterocycles. The van der Waals surface area contributed by atoms with E-state index in [1.807, 2.05) is 6.07 Å². The highest BCUT2D eigenvalue weighted by atomic mass is 35.5. The van der Waals surface area contributed by atoms with Crippen molar-refractivity contribution in [1.29, 1.82) is 0 Å². The number of halogens is 3. The molecule has 6 rings (SSSR count). The quantitative estimate of drug-likeness (QED) is 0.640. The molecule has 6 nitrogen and oxygen atoms in total. The summed E-state index contributed by atoms with van der Waals surface area (Å²) in [5.74, 6) is 0.154. The van der Waals surface area contributed by atoms with E-state index in [0.717, 1.165) is 30.2 Å². The molecule has 2 aromatic rings. The number of nitrogens with one attached hydrogen (secondary N) is 2. The molecule has 0 radical (unpaired) electrons. The van der Waals surface area contributed by atoms with E-state index in [4.69, 9.17) is 32.7 Å². The maximum atomic E-state index is 13.5. The minimum absolute atomic E-state index is 0.00160. The Kier molecular flexibility index (Phi) is 5.87. The molecule has 1 aliphatic heterocycles. The van der Waals surface area contributed by atoms with Crippen LogP contribution in [0.2, 0.25) is 10.0 Å².